The standard InChI is InChI=1S/C73H134O17P2/c1-5-9-13-17-21-25-29-31-33-35-39-41-45-49-53-57-70(75)83-63-68(89-72(77)59-55-51-47-43-37-27-23-19-15-11-7-3)65-87-91(79,80)85-61-67(74)62-86-92(81,82)88-66-69(90-73(78)60-56-52-48-44-38-28-24-20-16-12-8-4)64-84-71(76)58-54-50-46-42-40-36-34-32-30-26-22-18-14-10-6-2/h19,21,23,25,31-34,67-69,74H,5-18,20,22,24,26-30,35-66H2,1-4H3,(H,79,80)(H,81,82)/b23-19-,25-21-,33-31-,34-32-. The number of hydrogen-bond acceptors (Lipinski definition) is 15. The maximum Gasteiger partial charge on any atom is 0.472 e. The van der Waals surface area contributed by atoms with E-state index >= 15 is 0 Å². The van der Waals surface area contributed by atoms with Crippen LogP contribution in [0.25, 0.3) is 0 Å². The third-order valence-electron chi connectivity index (χ3n) is 15.8. The van der Waals surface area contributed by atoms with Gasteiger partial charge in [-0.2, -0.15) is 0 Å². The second-order valence-electron chi connectivity index (χ2n) is 24.9. The lowest BCUT2D eigenvalue weighted by atomic mass is 10.1. The summed E-state index contributed by atoms with van der Waals surface area (Å²) in [4.78, 5) is 72.6. The summed E-state index contributed by atoms with van der Waals surface area (Å²) >= 11 is 0. The number of esters is 4. The fraction of sp³-hybridized carbons (Fsp3) is 0.836. The average Bonchev–Trinajstić information content (AvgIpc) is 2.46. The van der Waals surface area contributed by atoms with Gasteiger partial charge in [-0.15, -0.1) is 0 Å². The molecule has 5 atom stereocenters. The number of rotatable bonds is 70. The highest BCUT2D eigenvalue weighted by atomic mass is 31.2. The number of phosphoric ester groups is 2. The summed E-state index contributed by atoms with van der Waals surface area (Å²) in [5, 5.41) is 10.6. The number of phosphoric acid groups is 2. The minimum Gasteiger partial charge on any atom is -0.462 e. The Bertz CT molecular complexity index is 1940. The van der Waals surface area contributed by atoms with Crippen LogP contribution in [0.5, 0.6) is 0 Å². The number of carbonyl (C=O) groups is 4. The van der Waals surface area contributed by atoms with Crippen molar-refractivity contribution in [3.63, 3.8) is 0 Å². The van der Waals surface area contributed by atoms with Crippen molar-refractivity contribution in [2.45, 2.75) is 354 Å². The Labute approximate surface area is 559 Å². The van der Waals surface area contributed by atoms with Gasteiger partial charge in [0.1, 0.15) is 19.3 Å². The Balaban J connectivity index is 5.28. The van der Waals surface area contributed by atoms with E-state index in [0.717, 1.165) is 148 Å². The lowest BCUT2D eigenvalue weighted by molar-refractivity contribution is -0.161. The number of unbranched alkanes of at least 4 members (excludes halogenated alkanes) is 36. The SMILES string of the molecule is CCCC/C=C\CCCCCCCC(=O)OC(COC(=O)CCCCCCC/C=C\C/C=C\CCCCC)COP(=O)(O)OCC(O)COP(=O)(O)OCC(COC(=O)CCCCCCC/C=C\CCCCCCCC)OC(=O)CCCCCCCCCCCCC. The number of aliphatic hydroxyl groups excluding tert-OH is 1. The monoisotopic (exact) mass is 1340 g/mol. The molecule has 0 aliphatic rings. The van der Waals surface area contributed by atoms with Crippen molar-refractivity contribution in [1.82, 2.24) is 0 Å². The summed E-state index contributed by atoms with van der Waals surface area (Å²) in [5.41, 5.74) is 0. The zero-order valence-corrected chi connectivity index (χ0v) is 60.3. The molecule has 0 amide bonds. The third kappa shape index (κ3) is 65.7. The van der Waals surface area contributed by atoms with Gasteiger partial charge in [-0.05, 0) is 103 Å². The lowest BCUT2D eigenvalue weighted by Gasteiger charge is -2.21. The van der Waals surface area contributed by atoms with Crippen molar-refractivity contribution in [3.8, 4) is 0 Å². The van der Waals surface area contributed by atoms with Gasteiger partial charge in [-0.25, -0.2) is 9.13 Å². The zero-order valence-electron chi connectivity index (χ0n) is 58.5. The van der Waals surface area contributed by atoms with Crippen molar-refractivity contribution in [2.75, 3.05) is 39.6 Å². The molecule has 0 aliphatic carbocycles. The van der Waals surface area contributed by atoms with Crippen LogP contribution in [0.15, 0.2) is 48.6 Å². The maximum absolute atomic E-state index is 13.0. The quantitative estimate of drug-likeness (QED) is 0.0169. The number of allylic oxidation sites excluding steroid dienone is 8. The Hall–Kier alpha value is -2.98. The van der Waals surface area contributed by atoms with Crippen LogP contribution >= 0.6 is 15.6 Å². The van der Waals surface area contributed by atoms with E-state index < -0.39 is 97.5 Å². The second-order valence-corrected chi connectivity index (χ2v) is 27.8. The van der Waals surface area contributed by atoms with Gasteiger partial charge in [0.15, 0.2) is 12.2 Å². The van der Waals surface area contributed by atoms with E-state index in [-0.39, 0.29) is 25.7 Å². The average molecular weight is 1350 g/mol. The molecular formula is C73H134O17P2. The molecule has 0 aliphatic heterocycles. The van der Waals surface area contributed by atoms with E-state index in [0.29, 0.717) is 25.7 Å². The molecule has 0 saturated heterocycles. The molecule has 0 fully saturated rings. The van der Waals surface area contributed by atoms with Gasteiger partial charge >= 0.3 is 39.5 Å². The molecule has 0 heterocycles. The molecule has 19 heteroatoms. The first-order valence-electron chi connectivity index (χ1n) is 36.9. The molecule has 17 nitrogen and oxygen atoms in total. The molecule has 0 radical (unpaired) electrons. The predicted octanol–water partition coefficient (Wildman–Crippen LogP) is 20.6. The zero-order chi connectivity index (χ0) is 67.5. The van der Waals surface area contributed by atoms with Gasteiger partial charge in [0, 0.05) is 25.7 Å². The van der Waals surface area contributed by atoms with Gasteiger partial charge in [-0.3, -0.25) is 37.3 Å². The molecular weight excluding hydrogens is 1210 g/mol. The smallest absolute Gasteiger partial charge is 0.462 e. The van der Waals surface area contributed by atoms with Gasteiger partial charge in [0.25, 0.3) is 0 Å². The van der Waals surface area contributed by atoms with Crippen LogP contribution < -0.4 is 0 Å². The second kappa shape index (κ2) is 66.6. The summed E-state index contributed by atoms with van der Waals surface area (Å²) in [6.45, 7) is 4.80. The van der Waals surface area contributed by atoms with E-state index in [9.17, 15) is 43.2 Å². The van der Waals surface area contributed by atoms with Crippen LogP contribution in [0.1, 0.15) is 336 Å². The molecule has 0 rings (SSSR count). The lowest BCUT2D eigenvalue weighted by Crippen LogP contribution is -2.30. The number of aliphatic hydroxyl groups is 1. The molecule has 0 aromatic carbocycles. The van der Waals surface area contributed by atoms with Crippen molar-refractivity contribution in [3.05, 3.63) is 48.6 Å². The van der Waals surface area contributed by atoms with E-state index in [1.807, 2.05) is 0 Å². The Morgan fingerprint density at radius 3 is 0.870 bits per heavy atom. The highest BCUT2D eigenvalue weighted by Crippen LogP contribution is 2.45. The molecule has 0 bridgehead atoms. The number of ether oxygens (including phenoxy) is 4. The first kappa shape index (κ1) is 89.0. The molecule has 0 spiro atoms. The van der Waals surface area contributed by atoms with E-state index in [1.54, 1.807) is 0 Å². The Morgan fingerprint density at radius 2 is 0.543 bits per heavy atom. The third-order valence-corrected chi connectivity index (χ3v) is 17.7. The first-order chi connectivity index (χ1) is 44.7. The van der Waals surface area contributed by atoms with Gasteiger partial charge in [0.05, 0.1) is 26.4 Å². The molecule has 0 saturated carbocycles. The van der Waals surface area contributed by atoms with E-state index in [1.165, 1.54) is 109 Å². The van der Waals surface area contributed by atoms with Crippen LogP contribution in [-0.2, 0) is 65.4 Å². The van der Waals surface area contributed by atoms with Crippen LogP contribution in [0.4, 0.5) is 0 Å². The van der Waals surface area contributed by atoms with Gasteiger partial charge in [0.2, 0.25) is 0 Å². The van der Waals surface area contributed by atoms with Crippen LogP contribution in [0.3, 0.4) is 0 Å². The molecule has 3 N–H and O–H groups in total. The summed E-state index contributed by atoms with van der Waals surface area (Å²) in [6, 6.07) is 0. The minimum atomic E-state index is -4.96. The van der Waals surface area contributed by atoms with E-state index in [2.05, 4.69) is 76.3 Å². The molecule has 538 valence electrons. The van der Waals surface area contributed by atoms with Crippen molar-refractivity contribution in [2.24, 2.45) is 0 Å². The topological polar surface area (TPSA) is 237 Å². The van der Waals surface area contributed by atoms with Crippen molar-refractivity contribution >= 4 is 39.5 Å². The molecule has 0 aromatic heterocycles. The van der Waals surface area contributed by atoms with Crippen LogP contribution in [-0.4, -0.2) is 96.7 Å². The number of hydrogen-bond donors (Lipinski definition) is 3. The van der Waals surface area contributed by atoms with Crippen LogP contribution in [0, 0.1) is 0 Å². The summed E-state index contributed by atoms with van der Waals surface area (Å²) < 4.78 is 68.3. The molecule has 0 aromatic rings. The first-order valence-corrected chi connectivity index (χ1v) is 39.9. The Kier molecular flexibility index (Phi) is 64.5. The van der Waals surface area contributed by atoms with Crippen LogP contribution in [0.2, 0.25) is 0 Å². The molecule has 92 heavy (non-hydrogen) atoms. The normalized spacial score (nSPS) is 14.3. The summed E-state index contributed by atoms with van der Waals surface area (Å²) in [5.74, 6) is -2.18. The predicted molar refractivity (Wildman–Crippen MR) is 372 cm³/mol. The van der Waals surface area contributed by atoms with E-state index in [4.69, 9.17) is 37.0 Å². The largest absolute Gasteiger partial charge is 0.472 e. The highest BCUT2D eigenvalue weighted by molar-refractivity contribution is 7.47. The van der Waals surface area contributed by atoms with Crippen molar-refractivity contribution in [1.29, 1.82) is 0 Å². The minimum absolute atomic E-state index is 0.0856. The summed E-state index contributed by atoms with van der Waals surface area (Å²) in [7, 11) is -9.93. The van der Waals surface area contributed by atoms with Gasteiger partial charge in [-0.1, -0.05) is 256 Å². The summed E-state index contributed by atoms with van der Waals surface area (Å²) in [6.07, 6.45) is 61.2. The number of carbonyl (C=O) groups excluding carboxylic acids is 4. The Morgan fingerprint density at radius 1 is 0.304 bits per heavy atom. The van der Waals surface area contributed by atoms with Gasteiger partial charge < -0.3 is 33.8 Å². The highest BCUT2D eigenvalue weighted by Gasteiger charge is 2.30. The fourth-order valence-electron chi connectivity index (χ4n) is 10.0. The molecule has 5 unspecified atom stereocenters. The fourth-order valence-corrected chi connectivity index (χ4v) is 11.6. The maximum atomic E-state index is 13.0. The van der Waals surface area contributed by atoms with Crippen molar-refractivity contribution < 1.29 is 80.2 Å².